The quantitative estimate of drug-likeness (QED) is 0.123. The Balaban J connectivity index is 0.000000360. The predicted molar refractivity (Wildman–Crippen MR) is 295 cm³/mol. The van der Waals surface area contributed by atoms with Crippen LogP contribution in [0.15, 0.2) is 84.9 Å². The van der Waals surface area contributed by atoms with Crippen LogP contribution in [-0.4, -0.2) is 162 Å². The largest absolute Gasteiger partial charge is 1.00 e. The number of hydrogen-bond donors (Lipinski definition) is 2. The third kappa shape index (κ3) is 22.6. The third-order valence-corrected chi connectivity index (χ3v) is 12.8. The smallest absolute Gasteiger partial charge is 0.255 e. The topological polar surface area (TPSA) is 70.7 Å². The van der Waals surface area contributed by atoms with Gasteiger partial charge < -0.3 is 43.8 Å². The summed E-state index contributed by atoms with van der Waals surface area (Å²) in [5.74, 6) is -0.407. The van der Waals surface area contributed by atoms with Gasteiger partial charge in [-0.1, -0.05) is 77.1 Å². The first-order valence-electron chi connectivity index (χ1n) is 21.9. The SMILES string of the molecule is CN(Cc1ccc(NC(=O)c2ccc(Cl)c(Cl)c2)cc1)C1CCOCC1.C[N+](C)(Cc1ccc(NC(=O)c2ccc(Cl)c(Cl)c2)cc1)C1CCCCC1.[B]B([B])B([B])[B].[B][B]B([B])B([B])[B].[I-]. The van der Waals surface area contributed by atoms with Gasteiger partial charge >= 0.3 is 0 Å². The molecule has 17 radical (unpaired) electrons. The van der Waals surface area contributed by atoms with Crippen molar-refractivity contribution in [3.63, 3.8) is 0 Å². The molecular weight excluding hydrogens is 1020 g/mol. The Hall–Kier alpha value is -1.57. The van der Waals surface area contributed by atoms with Crippen LogP contribution in [0.25, 0.3) is 0 Å². The maximum absolute atomic E-state index is 12.4. The van der Waals surface area contributed by atoms with Crippen LogP contribution in [0.4, 0.5) is 11.4 Å². The van der Waals surface area contributed by atoms with E-state index >= 15 is 0 Å². The molecule has 1 heterocycles. The zero-order valence-corrected chi connectivity index (χ0v) is 43.7. The second-order valence-electron chi connectivity index (χ2n) is 17.0. The second kappa shape index (κ2) is 31.7. The fourth-order valence-corrected chi connectivity index (χ4v) is 7.72. The standard InChI is InChI=1S/C22H26Cl2N2O.C20H22Cl2N2O2.B7.B6.HI/c1-26(2,19-6-4-3-5-7-19)15-16-8-11-18(12-9-16)25-22(27)17-10-13-20(23)21(24)14-17;1-24(17-8-10-26-11-9-17)13-14-2-5-16(6-3-14)23-20(25)15-4-7-18(21)19(22)12-15;1-5-7(4)6(2)3;1-5(2)6(3)4;/h8-14,19H,3-7,15H2,1-2H3;2-7,12,17H,8-11,13H2,1H3,(H,23,25);;;1H. The number of nitrogens with zero attached hydrogens (tertiary/aromatic N) is 2. The molecule has 1 saturated carbocycles. The maximum Gasteiger partial charge on any atom is 0.255 e. The molecule has 4 aromatic rings. The fraction of sp³-hybridized carbons (Fsp3) is 0.381. The first kappa shape index (κ1) is 61.6. The van der Waals surface area contributed by atoms with Crippen molar-refractivity contribution >= 4 is 164 Å². The van der Waals surface area contributed by atoms with Gasteiger partial charge in [-0.25, -0.2) is 0 Å². The lowest BCUT2D eigenvalue weighted by Crippen LogP contribution is -3.00. The normalized spacial score (nSPS) is 13.6. The lowest BCUT2D eigenvalue weighted by atomic mass is 8.76. The Morgan fingerprint density at radius 3 is 1.46 bits per heavy atom. The number of benzene rings is 4. The summed E-state index contributed by atoms with van der Waals surface area (Å²) in [6, 6.07) is 27.1. The molecule has 7 nitrogen and oxygen atoms in total. The highest BCUT2D eigenvalue weighted by Gasteiger charge is 2.30. The van der Waals surface area contributed by atoms with Gasteiger partial charge in [0.2, 0.25) is 0 Å². The van der Waals surface area contributed by atoms with Crippen LogP contribution < -0.4 is 34.6 Å². The summed E-state index contributed by atoms with van der Waals surface area (Å²) < 4.78 is 6.44. The minimum absolute atomic E-state index is 0. The number of ether oxygens (including phenoxy) is 1. The summed E-state index contributed by atoms with van der Waals surface area (Å²) in [5, 5.41) is 7.41. The Morgan fingerprint density at radius 1 is 0.657 bits per heavy atom. The Labute approximate surface area is 450 Å². The van der Waals surface area contributed by atoms with Gasteiger partial charge in [0, 0.05) is 148 Å². The summed E-state index contributed by atoms with van der Waals surface area (Å²) in [6.07, 6.45) is 6.78. The van der Waals surface area contributed by atoms with Gasteiger partial charge in [0.15, 0.2) is 0 Å². The van der Waals surface area contributed by atoms with E-state index in [4.69, 9.17) is 113 Å². The van der Waals surface area contributed by atoms with Crippen LogP contribution >= 0.6 is 46.4 Å². The van der Waals surface area contributed by atoms with Crippen molar-refractivity contribution in [1.29, 1.82) is 0 Å². The molecule has 0 unspecified atom stereocenters. The number of carbonyl (C=O) groups is 2. The number of quaternary nitrogens is 1. The van der Waals surface area contributed by atoms with Crippen molar-refractivity contribution in [2.24, 2.45) is 0 Å². The summed E-state index contributed by atoms with van der Waals surface area (Å²) in [6.45, 7) is 3.57. The molecular formula is C42H49B13Cl4IN4O3. The molecule has 0 bridgehead atoms. The van der Waals surface area contributed by atoms with Gasteiger partial charge in [-0.05, 0) is 112 Å². The highest BCUT2D eigenvalue weighted by molar-refractivity contribution is 7.81. The minimum Gasteiger partial charge on any atom is -1.00 e. The van der Waals surface area contributed by atoms with E-state index in [-0.39, 0.29) is 42.2 Å². The van der Waals surface area contributed by atoms with Gasteiger partial charge in [-0.15, -0.1) is 0 Å². The first-order valence-corrected chi connectivity index (χ1v) is 23.4. The molecule has 0 aromatic heterocycles. The van der Waals surface area contributed by atoms with Crippen LogP contribution in [0.1, 0.15) is 76.8 Å². The molecule has 25 heteroatoms. The number of rotatable bonds is 13. The molecule has 1 aliphatic carbocycles. The highest BCUT2D eigenvalue weighted by Crippen LogP contribution is 2.29. The van der Waals surface area contributed by atoms with Crippen molar-refractivity contribution in [2.75, 3.05) is 45.0 Å². The molecule has 2 amide bonds. The van der Waals surface area contributed by atoms with E-state index in [1.54, 1.807) is 36.4 Å². The van der Waals surface area contributed by atoms with Gasteiger partial charge in [-0.2, -0.15) is 0 Å². The summed E-state index contributed by atoms with van der Waals surface area (Å²) >= 11 is 23.8. The van der Waals surface area contributed by atoms with E-state index in [1.165, 1.54) is 50.3 Å². The van der Waals surface area contributed by atoms with E-state index in [2.05, 4.69) is 48.8 Å². The first-order chi connectivity index (χ1) is 31.2. The van der Waals surface area contributed by atoms with E-state index < -0.39 is 19.2 Å². The van der Waals surface area contributed by atoms with Crippen LogP contribution in [-0.2, 0) is 17.8 Å². The monoisotopic (exact) mass is 1070 g/mol. The number of anilines is 2. The van der Waals surface area contributed by atoms with Crippen molar-refractivity contribution in [3.8, 4) is 0 Å². The maximum atomic E-state index is 12.4. The van der Waals surface area contributed by atoms with Crippen LogP contribution in [0, 0.1) is 0 Å². The number of carbonyl (C=O) groups excluding carboxylic acids is 2. The van der Waals surface area contributed by atoms with Gasteiger partial charge in [0.05, 0.1) is 40.2 Å². The molecule has 0 spiro atoms. The van der Waals surface area contributed by atoms with E-state index in [0.717, 1.165) is 61.0 Å². The molecule has 2 N–H and O–H groups in total. The second-order valence-corrected chi connectivity index (χ2v) is 18.7. The average Bonchev–Trinajstić information content (AvgIpc) is 3.30. The van der Waals surface area contributed by atoms with E-state index in [1.807, 2.05) is 36.4 Å². The lowest BCUT2D eigenvalue weighted by Gasteiger charge is -2.40. The lowest BCUT2D eigenvalue weighted by molar-refractivity contribution is -0.929. The molecule has 2 fully saturated rings. The highest BCUT2D eigenvalue weighted by atomic mass is 127. The van der Waals surface area contributed by atoms with E-state index in [9.17, 15) is 9.59 Å². The molecule has 329 valence electrons. The molecule has 67 heavy (non-hydrogen) atoms. The summed E-state index contributed by atoms with van der Waals surface area (Å²) in [4.78, 5) is 27.1. The third-order valence-electron chi connectivity index (χ3n) is 11.3. The fourth-order valence-electron chi connectivity index (χ4n) is 7.12. The zero-order valence-electron chi connectivity index (χ0n) is 38.5. The van der Waals surface area contributed by atoms with Gasteiger partial charge in [0.25, 0.3) is 11.8 Å². The van der Waals surface area contributed by atoms with E-state index in [0.29, 0.717) is 37.3 Å². The van der Waals surface area contributed by atoms with Crippen molar-refractivity contribution in [1.82, 2.24) is 4.90 Å². The average molecular weight is 1070 g/mol. The molecule has 4 aromatic carbocycles. The number of halogens is 5. The molecule has 1 saturated heterocycles. The van der Waals surface area contributed by atoms with Gasteiger partial charge in [-0.3, -0.25) is 14.5 Å². The number of nitrogens with one attached hydrogen (secondary N) is 2. The molecule has 0 atom stereocenters. The van der Waals surface area contributed by atoms with Crippen LogP contribution in [0.3, 0.4) is 0 Å². The Morgan fingerprint density at radius 2 is 1.09 bits per heavy atom. The summed E-state index contributed by atoms with van der Waals surface area (Å²) in [7, 11) is 48.3. The Bertz CT molecular complexity index is 2090. The van der Waals surface area contributed by atoms with Gasteiger partial charge in [0.1, 0.15) is 6.54 Å². The number of hydrogen-bond acceptors (Lipinski definition) is 4. The summed E-state index contributed by atoms with van der Waals surface area (Å²) in [5.41, 5.74) is 4.99. The molecule has 1 aliphatic heterocycles. The van der Waals surface area contributed by atoms with Crippen molar-refractivity contribution < 1.29 is 42.8 Å². The van der Waals surface area contributed by atoms with Crippen LogP contribution in [0.5, 0.6) is 0 Å². The van der Waals surface area contributed by atoms with Crippen molar-refractivity contribution in [3.05, 3.63) is 127 Å². The minimum atomic E-state index is -0.593. The molecule has 6 rings (SSSR count). The van der Waals surface area contributed by atoms with Crippen molar-refractivity contribution in [2.45, 2.75) is 70.1 Å². The number of amides is 2. The predicted octanol–water partition coefficient (Wildman–Crippen LogP) is 3.06. The van der Waals surface area contributed by atoms with Crippen LogP contribution in [0.2, 0.25) is 20.1 Å². The zero-order chi connectivity index (χ0) is 49.0. The molecule has 2 aliphatic rings. The Kier molecular flexibility index (Phi) is 29.1.